The van der Waals surface area contributed by atoms with Crippen molar-refractivity contribution in [3.05, 3.63) is 63.2 Å². The van der Waals surface area contributed by atoms with Crippen LogP contribution in [0.4, 0.5) is 18.9 Å². The number of alkyl halides is 3. The van der Waals surface area contributed by atoms with Crippen LogP contribution in [-0.2, 0) is 6.54 Å². The molecular formula is C18H13BrClF3N2O. The van der Waals surface area contributed by atoms with Gasteiger partial charge in [0.15, 0.2) is 0 Å². The zero-order valence-corrected chi connectivity index (χ0v) is 15.8. The fourth-order valence-electron chi connectivity index (χ4n) is 2.59. The quantitative estimate of drug-likeness (QED) is 0.500. The molecule has 2 aromatic carbocycles. The van der Waals surface area contributed by atoms with Crippen LogP contribution in [0.5, 0.6) is 5.75 Å². The molecule has 8 heteroatoms. The van der Waals surface area contributed by atoms with Crippen LogP contribution in [0.3, 0.4) is 0 Å². The first-order chi connectivity index (χ1) is 12.2. The minimum absolute atomic E-state index is 0.288. The number of fused-ring (bicyclic) bond motifs is 1. The van der Waals surface area contributed by atoms with Gasteiger partial charge < -0.3 is 10.1 Å². The van der Waals surface area contributed by atoms with Gasteiger partial charge in [-0.3, -0.25) is 4.98 Å². The lowest BCUT2D eigenvalue weighted by Crippen LogP contribution is -2.17. The molecule has 1 aromatic heterocycles. The van der Waals surface area contributed by atoms with Crippen molar-refractivity contribution in [1.29, 1.82) is 0 Å². The molecule has 1 N–H and O–H groups in total. The normalized spacial score (nSPS) is 11.6. The molecular weight excluding hydrogens is 433 g/mol. The van der Waals surface area contributed by atoms with Crippen molar-refractivity contribution in [2.45, 2.75) is 19.8 Å². The molecule has 0 saturated carbocycles. The second-order valence-corrected chi connectivity index (χ2v) is 7.02. The van der Waals surface area contributed by atoms with Crippen molar-refractivity contribution < 1.29 is 17.9 Å². The molecule has 3 rings (SSSR count). The molecule has 0 saturated heterocycles. The van der Waals surface area contributed by atoms with E-state index in [1.54, 1.807) is 12.1 Å². The van der Waals surface area contributed by atoms with Crippen molar-refractivity contribution in [2.75, 3.05) is 5.32 Å². The van der Waals surface area contributed by atoms with E-state index in [9.17, 15) is 13.2 Å². The number of halogens is 5. The molecule has 0 aliphatic carbocycles. The van der Waals surface area contributed by atoms with E-state index < -0.39 is 6.36 Å². The van der Waals surface area contributed by atoms with Crippen LogP contribution in [0, 0.1) is 6.92 Å². The Labute approximate surface area is 161 Å². The number of hydrogen-bond donors (Lipinski definition) is 1. The molecule has 1 heterocycles. The fraction of sp³-hybridized carbons (Fsp3) is 0.167. The first-order valence-corrected chi connectivity index (χ1v) is 8.73. The Morgan fingerprint density at radius 3 is 2.62 bits per heavy atom. The first-order valence-electron chi connectivity index (χ1n) is 7.55. The summed E-state index contributed by atoms with van der Waals surface area (Å²) in [4.78, 5) is 4.35. The molecule has 136 valence electrons. The lowest BCUT2D eigenvalue weighted by atomic mass is 10.1. The van der Waals surface area contributed by atoms with E-state index in [-0.39, 0.29) is 5.75 Å². The number of rotatable bonds is 4. The summed E-state index contributed by atoms with van der Waals surface area (Å²) in [7, 11) is 0. The minimum atomic E-state index is -4.74. The molecule has 0 unspecified atom stereocenters. The van der Waals surface area contributed by atoms with E-state index in [0.29, 0.717) is 28.2 Å². The lowest BCUT2D eigenvalue weighted by molar-refractivity contribution is -0.274. The van der Waals surface area contributed by atoms with Gasteiger partial charge in [-0.15, -0.1) is 13.2 Å². The number of benzene rings is 2. The van der Waals surface area contributed by atoms with Gasteiger partial charge in [-0.1, -0.05) is 27.5 Å². The average molecular weight is 446 g/mol. The number of pyridine rings is 1. The topological polar surface area (TPSA) is 34.1 Å². The molecule has 0 amide bonds. The van der Waals surface area contributed by atoms with Crippen molar-refractivity contribution in [2.24, 2.45) is 0 Å². The van der Waals surface area contributed by atoms with Crippen molar-refractivity contribution in [3.63, 3.8) is 0 Å². The van der Waals surface area contributed by atoms with E-state index in [1.807, 2.05) is 19.1 Å². The third-order valence-electron chi connectivity index (χ3n) is 3.55. The number of ether oxygens (including phenoxy) is 1. The van der Waals surface area contributed by atoms with Crippen LogP contribution in [0.1, 0.15) is 11.3 Å². The standard InChI is InChI=1S/C18H13BrClF3N2O/c1-10-4-17(24-9-11-5-12(19)7-13(20)6-11)15-8-14(26-18(21,22)23)2-3-16(15)25-10/h2-8H,9H2,1H3,(H,24,25). The number of nitrogens with zero attached hydrogens (tertiary/aromatic N) is 1. The number of hydrogen-bond acceptors (Lipinski definition) is 3. The highest BCUT2D eigenvalue weighted by Crippen LogP contribution is 2.31. The van der Waals surface area contributed by atoms with Gasteiger partial charge in [0, 0.05) is 32.8 Å². The van der Waals surface area contributed by atoms with Gasteiger partial charge in [-0.2, -0.15) is 0 Å². The van der Waals surface area contributed by atoms with Gasteiger partial charge in [0.25, 0.3) is 0 Å². The Balaban J connectivity index is 1.94. The molecule has 26 heavy (non-hydrogen) atoms. The summed E-state index contributed by atoms with van der Waals surface area (Å²) >= 11 is 9.43. The van der Waals surface area contributed by atoms with E-state index in [4.69, 9.17) is 11.6 Å². The van der Waals surface area contributed by atoms with Gasteiger partial charge in [0.05, 0.1) is 5.52 Å². The monoisotopic (exact) mass is 444 g/mol. The summed E-state index contributed by atoms with van der Waals surface area (Å²) in [5, 5.41) is 4.36. The summed E-state index contributed by atoms with van der Waals surface area (Å²) in [6, 6.07) is 11.4. The summed E-state index contributed by atoms with van der Waals surface area (Å²) in [6.45, 7) is 2.27. The van der Waals surface area contributed by atoms with Crippen LogP contribution in [0.2, 0.25) is 5.02 Å². The van der Waals surface area contributed by atoms with Gasteiger partial charge in [-0.05, 0) is 55.0 Å². The number of anilines is 1. The SMILES string of the molecule is Cc1cc(NCc2cc(Cl)cc(Br)c2)c2cc(OC(F)(F)F)ccc2n1. The van der Waals surface area contributed by atoms with Crippen LogP contribution in [0.15, 0.2) is 46.9 Å². The Kier molecular flexibility index (Phi) is 5.29. The molecule has 3 nitrogen and oxygen atoms in total. The molecule has 3 aromatic rings. The molecule has 0 aliphatic heterocycles. The predicted molar refractivity (Wildman–Crippen MR) is 99.6 cm³/mol. The second-order valence-electron chi connectivity index (χ2n) is 5.67. The first kappa shape index (κ1) is 18.8. The Morgan fingerprint density at radius 1 is 1.15 bits per heavy atom. The Hall–Kier alpha value is -1.99. The fourth-order valence-corrected chi connectivity index (χ4v) is 3.52. The predicted octanol–water partition coefficient (Wildman–Crippen LogP) is 6.47. The summed E-state index contributed by atoms with van der Waals surface area (Å²) in [5.41, 5.74) is 2.91. The van der Waals surface area contributed by atoms with E-state index in [1.165, 1.54) is 18.2 Å². The Bertz CT molecular complexity index is 943. The van der Waals surface area contributed by atoms with E-state index >= 15 is 0 Å². The number of aromatic nitrogens is 1. The van der Waals surface area contributed by atoms with E-state index in [0.717, 1.165) is 15.7 Å². The third-order valence-corrected chi connectivity index (χ3v) is 4.22. The summed E-state index contributed by atoms with van der Waals surface area (Å²) in [6.07, 6.45) is -4.74. The van der Waals surface area contributed by atoms with Gasteiger partial charge >= 0.3 is 6.36 Å². The highest BCUT2D eigenvalue weighted by atomic mass is 79.9. The van der Waals surface area contributed by atoms with Gasteiger partial charge in [0.1, 0.15) is 5.75 Å². The highest BCUT2D eigenvalue weighted by molar-refractivity contribution is 9.10. The minimum Gasteiger partial charge on any atom is -0.406 e. The molecule has 0 bridgehead atoms. The van der Waals surface area contributed by atoms with Crippen molar-refractivity contribution in [3.8, 4) is 5.75 Å². The summed E-state index contributed by atoms with van der Waals surface area (Å²) < 4.78 is 42.3. The van der Waals surface area contributed by atoms with Crippen LogP contribution >= 0.6 is 27.5 Å². The maximum Gasteiger partial charge on any atom is 0.573 e. The van der Waals surface area contributed by atoms with Crippen LogP contribution in [-0.4, -0.2) is 11.3 Å². The zero-order chi connectivity index (χ0) is 18.9. The maximum atomic E-state index is 12.5. The van der Waals surface area contributed by atoms with Gasteiger partial charge in [-0.25, -0.2) is 0 Å². The number of nitrogens with one attached hydrogen (secondary N) is 1. The van der Waals surface area contributed by atoms with Crippen molar-refractivity contribution >= 4 is 44.1 Å². The molecule has 0 spiro atoms. The van der Waals surface area contributed by atoms with Crippen LogP contribution < -0.4 is 10.1 Å². The average Bonchev–Trinajstić information content (AvgIpc) is 2.50. The third kappa shape index (κ3) is 4.80. The molecule has 0 radical (unpaired) electrons. The molecule has 0 fully saturated rings. The zero-order valence-electron chi connectivity index (χ0n) is 13.5. The smallest absolute Gasteiger partial charge is 0.406 e. The molecule has 0 atom stereocenters. The van der Waals surface area contributed by atoms with E-state index in [2.05, 4.69) is 31.0 Å². The largest absolute Gasteiger partial charge is 0.573 e. The maximum absolute atomic E-state index is 12.5. The summed E-state index contributed by atoms with van der Waals surface area (Å²) in [5.74, 6) is -0.288. The number of aryl methyl sites for hydroxylation is 1. The second kappa shape index (κ2) is 7.32. The van der Waals surface area contributed by atoms with Crippen molar-refractivity contribution in [1.82, 2.24) is 4.98 Å². The Morgan fingerprint density at radius 2 is 1.92 bits per heavy atom. The van der Waals surface area contributed by atoms with Gasteiger partial charge in [0.2, 0.25) is 0 Å². The van der Waals surface area contributed by atoms with Crippen LogP contribution in [0.25, 0.3) is 10.9 Å². The molecule has 0 aliphatic rings. The lowest BCUT2D eigenvalue weighted by Gasteiger charge is -2.14. The highest BCUT2D eigenvalue weighted by Gasteiger charge is 2.31.